The third kappa shape index (κ3) is 7.64. The van der Waals surface area contributed by atoms with Crippen molar-refractivity contribution in [1.82, 2.24) is 0 Å². The molecule has 0 atom stereocenters. The van der Waals surface area contributed by atoms with Crippen molar-refractivity contribution < 1.29 is 76.5 Å². The van der Waals surface area contributed by atoms with Gasteiger partial charge in [-0.05, 0) is 30.3 Å². The number of carbonyl (C=O) groups is 1. The third-order valence-electron chi connectivity index (χ3n) is 6.24. The van der Waals surface area contributed by atoms with Gasteiger partial charge in [-0.25, -0.2) is 9.59 Å². The van der Waals surface area contributed by atoms with E-state index in [9.17, 15) is 57.9 Å². The minimum atomic E-state index is -6.60. The molecule has 0 saturated carbocycles. The highest BCUT2D eigenvalue weighted by Crippen LogP contribution is 2.54. The lowest BCUT2D eigenvalue weighted by Gasteiger charge is -2.36. The van der Waals surface area contributed by atoms with E-state index in [1.54, 1.807) is 0 Å². The summed E-state index contributed by atoms with van der Waals surface area (Å²) >= 11 is 0. The van der Waals surface area contributed by atoms with Crippen molar-refractivity contribution in [3.8, 4) is 28.4 Å². The zero-order valence-corrected chi connectivity index (χ0v) is 23.2. The summed E-state index contributed by atoms with van der Waals surface area (Å²) < 4.78 is 174. The van der Waals surface area contributed by atoms with Crippen molar-refractivity contribution in [2.24, 2.45) is 0 Å². The van der Waals surface area contributed by atoms with Gasteiger partial charge >= 0.3 is 41.6 Å². The van der Waals surface area contributed by atoms with Crippen LogP contribution in [0.1, 0.15) is 12.8 Å². The number of benzene rings is 2. The second kappa shape index (κ2) is 13.1. The van der Waals surface area contributed by atoms with Gasteiger partial charge in [0.1, 0.15) is 22.8 Å². The molecule has 0 aliphatic heterocycles. The Labute approximate surface area is 251 Å². The number of carbonyl (C=O) groups excluding carboxylic acids is 1. The van der Waals surface area contributed by atoms with Crippen molar-refractivity contribution >= 4 is 16.9 Å². The largest absolute Gasteiger partial charge is 0.573 e. The predicted octanol–water partition coefficient (Wildman–Crippen LogP) is 7.80. The summed E-state index contributed by atoms with van der Waals surface area (Å²) in [6, 6.07) is 7.32. The Morgan fingerprint density at radius 2 is 1.39 bits per heavy atom. The Morgan fingerprint density at radius 3 is 1.96 bits per heavy atom. The summed E-state index contributed by atoms with van der Waals surface area (Å²) in [4.78, 5) is 23.5. The number of alkyl halides is 11. The quantitative estimate of drug-likeness (QED) is 0.0745. The molecule has 0 fully saturated rings. The van der Waals surface area contributed by atoms with Crippen LogP contribution in [0, 0.1) is 0 Å². The van der Waals surface area contributed by atoms with Crippen LogP contribution in [0.4, 0.5) is 48.3 Å². The Bertz CT molecular complexity index is 1630. The molecule has 7 nitrogen and oxygen atoms in total. The van der Waals surface area contributed by atoms with Crippen LogP contribution in [-0.2, 0) is 9.53 Å². The summed E-state index contributed by atoms with van der Waals surface area (Å²) in [5, 5.41) is 0.0493. The van der Waals surface area contributed by atoms with Crippen LogP contribution in [0.15, 0.2) is 64.3 Å². The molecule has 0 N–H and O–H groups in total. The van der Waals surface area contributed by atoms with Gasteiger partial charge in [0.25, 0.3) is 0 Å². The van der Waals surface area contributed by atoms with Crippen LogP contribution >= 0.6 is 0 Å². The fourth-order valence-corrected chi connectivity index (χ4v) is 3.84. The molecule has 0 saturated heterocycles. The van der Waals surface area contributed by atoms with Crippen molar-refractivity contribution in [2.75, 3.05) is 20.3 Å². The summed E-state index contributed by atoms with van der Waals surface area (Å²) in [5.74, 6) is -27.3. The molecule has 0 bridgehead atoms. The van der Waals surface area contributed by atoms with E-state index in [4.69, 9.17) is 13.9 Å². The third-order valence-corrected chi connectivity index (χ3v) is 6.24. The monoisotopic (exact) mass is 678 g/mol. The maximum absolute atomic E-state index is 14.2. The van der Waals surface area contributed by atoms with Crippen LogP contribution in [0.3, 0.4) is 0 Å². The van der Waals surface area contributed by atoms with E-state index in [-0.39, 0.29) is 22.3 Å². The van der Waals surface area contributed by atoms with Crippen LogP contribution in [0.25, 0.3) is 22.1 Å². The predicted molar refractivity (Wildman–Crippen MR) is 137 cm³/mol. The van der Waals surface area contributed by atoms with E-state index in [1.165, 1.54) is 13.2 Å². The summed E-state index contributed by atoms with van der Waals surface area (Å²) in [6.07, 6.45) is -9.07. The van der Waals surface area contributed by atoms with Gasteiger partial charge in [-0.3, -0.25) is 0 Å². The number of fused-ring (bicyclic) bond motifs is 1. The average molecular weight is 678 g/mol. The van der Waals surface area contributed by atoms with E-state index in [0.29, 0.717) is 6.08 Å². The lowest BCUT2D eigenvalue weighted by Crippen LogP contribution is -2.62. The molecule has 3 aromatic rings. The minimum absolute atomic E-state index is 0.0396. The molecule has 0 amide bonds. The molecule has 0 radical (unpaired) electrons. The fraction of sp³-hybridized carbons (Fsp3) is 0.357. The SMILES string of the molecule is C=CC(=O)OCCC(F)(F)C(F)(F)C(F)(F)C(F)(F)CCOc1ccc2cc(-c3ccc(OC)cc3OC(F)(F)F)c(=O)oc2c1. The van der Waals surface area contributed by atoms with Crippen molar-refractivity contribution in [1.29, 1.82) is 0 Å². The van der Waals surface area contributed by atoms with Gasteiger partial charge in [-0.2, -0.15) is 35.1 Å². The Morgan fingerprint density at radius 1 is 0.804 bits per heavy atom. The number of hydrogen-bond donors (Lipinski definition) is 0. The molecular formula is C28H21F11O7. The number of rotatable bonds is 14. The zero-order valence-electron chi connectivity index (χ0n) is 23.2. The van der Waals surface area contributed by atoms with E-state index >= 15 is 0 Å². The average Bonchev–Trinajstić information content (AvgIpc) is 2.95. The number of ether oxygens (including phenoxy) is 4. The van der Waals surface area contributed by atoms with Gasteiger partial charge in [0, 0.05) is 29.2 Å². The van der Waals surface area contributed by atoms with Gasteiger partial charge < -0.3 is 23.4 Å². The number of hydrogen-bond acceptors (Lipinski definition) is 7. The summed E-state index contributed by atoms with van der Waals surface area (Å²) in [5.41, 5.74) is -2.27. The molecule has 0 aliphatic carbocycles. The molecule has 1 heterocycles. The first kappa shape index (κ1) is 36.0. The van der Waals surface area contributed by atoms with E-state index in [2.05, 4.69) is 16.1 Å². The van der Waals surface area contributed by atoms with Crippen molar-refractivity contribution in [3.05, 3.63) is 65.5 Å². The first-order valence-electron chi connectivity index (χ1n) is 12.6. The first-order valence-corrected chi connectivity index (χ1v) is 12.6. The highest BCUT2D eigenvalue weighted by molar-refractivity contribution is 5.84. The van der Waals surface area contributed by atoms with E-state index < -0.39 is 84.8 Å². The lowest BCUT2D eigenvalue weighted by molar-refractivity contribution is -0.368. The Hall–Kier alpha value is -4.51. The molecule has 3 rings (SSSR count). The van der Waals surface area contributed by atoms with E-state index in [1.807, 2.05) is 0 Å². The molecule has 18 heteroatoms. The normalized spacial score (nSPS) is 13.0. The van der Waals surface area contributed by atoms with Gasteiger partial charge in [0.15, 0.2) is 0 Å². The maximum Gasteiger partial charge on any atom is 0.573 e. The molecular weight excluding hydrogens is 657 g/mol. The van der Waals surface area contributed by atoms with Gasteiger partial charge in [0.2, 0.25) is 0 Å². The molecule has 252 valence electrons. The highest BCUT2D eigenvalue weighted by Gasteiger charge is 2.79. The zero-order chi connectivity index (χ0) is 34.7. The van der Waals surface area contributed by atoms with Crippen molar-refractivity contribution in [3.63, 3.8) is 0 Å². The fourth-order valence-electron chi connectivity index (χ4n) is 3.84. The smallest absolute Gasteiger partial charge is 0.497 e. The standard InChI is InChI=1S/C28H21F11O7/c1-3-22(40)44-11-9-25(31,32)27(35,36)26(33,34)24(29,30)8-10-43-17-5-4-15-12-19(23(41)45-20(15)14-17)18-7-6-16(42-2)13-21(18)46-28(37,38)39/h3-7,12-14H,1,8-11H2,2H3. The molecule has 0 spiro atoms. The van der Waals surface area contributed by atoms with Gasteiger partial charge in [-0.15, -0.1) is 13.2 Å². The minimum Gasteiger partial charge on any atom is -0.497 e. The summed E-state index contributed by atoms with van der Waals surface area (Å²) in [7, 11) is 1.17. The molecule has 0 unspecified atom stereocenters. The van der Waals surface area contributed by atoms with Crippen LogP contribution in [0.2, 0.25) is 0 Å². The number of esters is 1. The van der Waals surface area contributed by atoms with Gasteiger partial charge in [-0.1, -0.05) is 6.58 Å². The summed E-state index contributed by atoms with van der Waals surface area (Å²) in [6.45, 7) is -0.0193. The van der Waals surface area contributed by atoms with Crippen LogP contribution in [0.5, 0.6) is 17.2 Å². The van der Waals surface area contributed by atoms with E-state index in [0.717, 1.165) is 36.4 Å². The molecule has 2 aromatic carbocycles. The molecule has 0 aliphatic rings. The first-order chi connectivity index (χ1) is 21.2. The second-order valence-corrected chi connectivity index (χ2v) is 9.33. The van der Waals surface area contributed by atoms with Crippen molar-refractivity contribution in [2.45, 2.75) is 42.9 Å². The topological polar surface area (TPSA) is 84.2 Å². The maximum atomic E-state index is 14.2. The lowest BCUT2D eigenvalue weighted by atomic mass is 9.95. The Kier molecular flexibility index (Phi) is 10.2. The van der Waals surface area contributed by atoms with Gasteiger partial charge in [0.05, 0.1) is 38.7 Å². The Balaban J connectivity index is 1.78. The number of halogens is 11. The molecule has 1 aromatic heterocycles. The van der Waals surface area contributed by atoms with Crippen LogP contribution < -0.4 is 19.8 Å². The number of methoxy groups -OCH3 is 1. The molecule has 46 heavy (non-hydrogen) atoms. The van der Waals surface area contributed by atoms with Crippen LogP contribution in [-0.4, -0.2) is 56.3 Å². The second-order valence-electron chi connectivity index (χ2n) is 9.33. The highest BCUT2D eigenvalue weighted by atomic mass is 19.4.